The Balaban J connectivity index is 2.27. The lowest BCUT2D eigenvalue weighted by atomic mass is 9.80. The van der Waals surface area contributed by atoms with Crippen molar-refractivity contribution in [2.24, 2.45) is 5.92 Å². The van der Waals surface area contributed by atoms with Crippen LogP contribution in [0.4, 0.5) is 4.79 Å². The molecule has 0 saturated carbocycles. The highest BCUT2D eigenvalue weighted by molar-refractivity contribution is 5.90. The predicted molar refractivity (Wildman–Crippen MR) is 128 cm³/mol. The van der Waals surface area contributed by atoms with Gasteiger partial charge in [-0.1, -0.05) is 55.8 Å². The maximum atomic E-state index is 13.6. The number of carbonyl (C=O) groups is 2. The van der Waals surface area contributed by atoms with E-state index in [1.165, 1.54) is 0 Å². The molecule has 2 rings (SSSR count). The molecule has 0 heterocycles. The molecule has 1 N–H and O–H groups in total. The maximum Gasteiger partial charge on any atom is 0.408 e. The van der Waals surface area contributed by atoms with Crippen LogP contribution in [-0.4, -0.2) is 30.6 Å². The largest absolute Gasteiger partial charge is 0.497 e. The van der Waals surface area contributed by atoms with Gasteiger partial charge >= 0.3 is 6.09 Å². The van der Waals surface area contributed by atoms with Gasteiger partial charge in [0.15, 0.2) is 5.78 Å². The third-order valence-corrected chi connectivity index (χ3v) is 5.59. The van der Waals surface area contributed by atoms with E-state index in [4.69, 9.17) is 9.47 Å². The first-order valence-electron chi connectivity index (χ1n) is 11.3. The summed E-state index contributed by atoms with van der Waals surface area (Å²) < 4.78 is 10.7. The summed E-state index contributed by atoms with van der Waals surface area (Å²) >= 11 is 0. The summed E-state index contributed by atoms with van der Waals surface area (Å²) in [5, 5.41) is 2.84. The summed E-state index contributed by atoms with van der Waals surface area (Å²) in [6.45, 7) is 11.5. The summed E-state index contributed by atoms with van der Waals surface area (Å²) in [5.74, 6) is 0.540. The Bertz CT molecular complexity index is 899. The molecule has 2 aromatic carbocycles. The molecule has 1 amide bonds. The fourth-order valence-electron chi connectivity index (χ4n) is 3.99. The first-order chi connectivity index (χ1) is 15.0. The predicted octanol–water partition coefficient (Wildman–Crippen LogP) is 5.84. The van der Waals surface area contributed by atoms with Crippen LogP contribution in [0.3, 0.4) is 0 Å². The molecule has 3 unspecified atom stereocenters. The molecule has 2 aromatic rings. The van der Waals surface area contributed by atoms with Crippen LogP contribution in [-0.2, 0) is 16.0 Å². The summed E-state index contributed by atoms with van der Waals surface area (Å²) in [5.41, 5.74) is 2.57. The van der Waals surface area contributed by atoms with Crippen LogP contribution in [0, 0.1) is 12.8 Å². The fraction of sp³-hybridized carbons (Fsp3) is 0.481. The number of hydrogen-bond acceptors (Lipinski definition) is 4. The van der Waals surface area contributed by atoms with E-state index < -0.39 is 17.7 Å². The van der Waals surface area contributed by atoms with Gasteiger partial charge < -0.3 is 14.8 Å². The van der Waals surface area contributed by atoms with E-state index in [1.54, 1.807) is 7.11 Å². The number of rotatable bonds is 9. The Morgan fingerprint density at radius 2 is 1.72 bits per heavy atom. The van der Waals surface area contributed by atoms with Crippen molar-refractivity contribution in [2.45, 2.75) is 71.9 Å². The van der Waals surface area contributed by atoms with E-state index in [1.807, 2.05) is 83.1 Å². The van der Waals surface area contributed by atoms with Gasteiger partial charge in [-0.05, 0) is 69.7 Å². The summed E-state index contributed by atoms with van der Waals surface area (Å²) in [7, 11) is 1.64. The monoisotopic (exact) mass is 439 g/mol. The summed E-state index contributed by atoms with van der Waals surface area (Å²) in [6, 6.07) is 15.2. The average molecular weight is 440 g/mol. The number of benzene rings is 2. The smallest absolute Gasteiger partial charge is 0.408 e. The number of amides is 1. The normalized spacial score (nSPS) is 14.2. The van der Waals surface area contributed by atoms with Gasteiger partial charge in [-0.15, -0.1) is 0 Å². The molecular weight excluding hydrogens is 402 g/mol. The highest BCUT2D eigenvalue weighted by Gasteiger charge is 2.32. The van der Waals surface area contributed by atoms with Gasteiger partial charge in [-0.2, -0.15) is 0 Å². The van der Waals surface area contributed by atoms with Crippen molar-refractivity contribution in [3.8, 4) is 5.75 Å². The molecule has 0 bridgehead atoms. The van der Waals surface area contributed by atoms with Crippen LogP contribution >= 0.6 is 0 Å². The summed E-state index contributed by atoms with van der Waals surface area (Å²) in [4.78, 5) is 26.2. The van der Waals surface area contributed by atoms with Gasteiger partial charge in [0.1, 0.15) is 11.4 Å². The van der Waals surface area contributed by atoms with E-state index in [0.717, 1.165) is 28.9 Å². The first-order valence-corrected chi connectivity index (χ1v) is 11.3. The van der Waals surface area contributed by atoms with Crippen LogP contribution in [0.5, 0.6) is 5.75 Å². The zero-order chi connectivity index (χ0) is 23.9. The van der Waals surface area contributed by atoms with Crippen molar-refractivity contribution < 1.29 is 19.1 Å². The Morgan fingerprint density at radius 1 is 1.06 bits per heavy atom. The number of carbonyl (C=O) groups excluding carboxylic acids is 2. The highest BCUT2D eigenvalue weighted by atomic mass is 16.6. The third-order valence-electron chi connectivity index (χ3n) is 5.59. The number of hydrogen-bond donors (Lipinski definition) is 1. The lowest BCUT2D eigenvalue weighted by molar-refractivity contribution is -0.125. The third kappa shape index (κ3) is 7.40. The highest BCUT2D eigenvalue weighted by Crippen LogP contribution is 2.31. The molecule has 0 spiro atoms. The standard InChI is InChI=1S/C27H37NO4/c1-8-23(21-12-14-22(31-7)15-13-21)19(3)25(29)24(28-26(30)32-27(4,5)6)17-20-11-9-10-18(2)16-20/h9-16,19,23-24H,8,17H2,1-7H3,(H,28,30). The quantitative estimate of drug-likeness (QED) is 0.533. The summed E-state index contributed by atoms with van der Waals surface area (Å²) in [6.07, 6.45) is 0.652. The molecule has 0 saturated heterocycles. The molecule has 0 fully saturated rings. The minimum atomic E-state index is -0.672. The van der Waals surface area contributed by atoms with Gasteiger partial charge in [-0.25, -0.2) is 4.79 Å². The Labute approximate surface area is 192 Å². The van der Waals surface area contributed by atoms with Crippen LogP contribution in [0.2, 0.25) is 0 Å². The van der Waals surface area contributed by atoms with Crippen LogP contribution in [0.15, 0.2) is 48.5 Å². The fourth-order valence-corrected chi connectivity index (χ4v) is 3.99. The van der Waals surface area contributed by atoms with E-state index in [9.17, 15) is 9.59 Å². The van der Waals surface area contributed by atoms with Gasteiger partial charge in [0.25, 0.3) is 0 Å². The van der Waals surface area contributed by atoms with Crippen molar-refractivity contribution in [2.75, 3.05) is 7.11 Å². The molecule has 0 aromatic heterocycles. The Hall–Kier alpha value is -2.82. The van der Waals surface area contributed by atoms with Crippen LogP contribution < -0.4 is 10.1 Å². The lowest BCUT2D eigenvalue weighted by Gasteiger charge is -2.28. The van der Waals surface area contributed by atoms with E-state index in [2.05, 4.69) is 12.2 Å². The van der Waals surface area contributed by atoms with Crippen LogP contribution in [0.25, 0.3) is 0 Å². The second-order valence-electron chi connectivity index (χ2n) is 9.37. The zero-order valence-corrected chi connectivity index (χ0v) is 20.4. The molecule has 0 aliphatic heterocycles. The van der Waals surface area contributed by atoms with Gasteiger partial charge in [0, 0.05) is 5.92 Å². The molecule has 0 aliphatic carbocycles. The number of ketones is 1. The topological polar surface area (TPSA) is 64.6 Å². The second-order valence-corrected chi connectivity index (χ2v) is 9.37. The lowest BCUT2D eigenvalue weighted by Crippen LogP contribution is -2.47. The van der Waals surface area contributed by atoms with Crippen LogP contribution in [0.1, 0.15) is 63.6 Å². The number of nitrogens with one attached hydrogen (secondary N) is 1. The molecule has 5 heteroatoms. The minimum Gasteiger partial charge on any atom is -0.497 e. The number of aryl methyl sites for hydroxylation is 1. The maximum absolute atomic E-state index is 13.6. The van der Waals surface area contributed by atoms with Crippen molar-refractivity contribution in [1.29, 1.82) is 0 Å². The van der Waals surface area contributed by atoms with E-state index >= 15 is 0 Å². The number of alkyl carbamates (subject to hydrolysis) is 1. The second kappa shape index (κ2) is 11.2. The van der Waals surface area contributed by atoms with Crippen molar-refractivity contribution in [3.05, 3.63) is 65.2 Å². The number of ether oxygens (including phenoxy) is 2. The molecule has 174 valence electrons. The molecular formula is C27H37NO4. The number of methoxy groups -OCH3 is 1. The number of Topliss-reactive ketones (excluding diaryl/α,β-unsaturated/α-hetero) is 1. The average Bonchev–Trinajstić information content (AvgIpc) is 2.72. The Kier molecular flexibility index (Phi) is 8.88. The van der Waals surface area contributed by atoms with Crippen molar-refractivity contribution in [1.82, 2.24) is 5.32 Å². The van der Waals surface area contributed by atoms with Crippen molar-refractivity contribution >= 4 is 11.9 Å². The van der Waals surface area contributed by atoms with Gasteiger partial charge in [0.2, 0.25) is 0 Å². The molecule has 0 radical (unpaired) electrons. The molecule has 0 aliphatic rings. The minimum absolute atomic E-state index is 0.0000309. The Morgan fingerprint density at radius 3 is 2.25 bits per heavy atom. The zero-order valence-electron chi connectivity index (χ0n) is 20.4. The van der Waals surface area contributed by atoms with Gasteiger partial charge in [-0.3, -0.25) is 4.79 Å². The van der Waals surface area contributed by atoms with E-state index in [0.29, 0.717) is 6.42 Å². The van der Waals surface area contributed by atoms with E-state index in [-0.39, 0.29) is 17.6 Å². The SMILES string of the molecule is CCC(c1ccc(OC)cc1)C(C)C(=O)C(Cc1cccc(C)c1)NC(=O)OC(C)(C)C. The first kappa shape index (κ1) is 25.4. The van der Waals surface area contributed by atoms with Crippen molar-refractivity contribution in [3.63, 3.8) is 0 Å². The van der Waals surface area contributed by atoms with Gasteiger partial charge in [0.05, 0.1) is 13.2 Å². The molecule has 3 atom stereocenters. The molecule has 5 nitrogen and oxygen atoms in total. The molecule has 32 heavy (non-hydrogen) atoms.